The zero-order chi connectivity index (χ0) is 30.5. The highest BCUT2D eigenvalue weighted by atomic mass is 32.2. The van der Waals surface area contributed by atoms with Crippen LogP contribution in [0.25, 0.3) is 6.08 Å². The van der Waals surface area contributed by atoms with Gasteiger partial charge in [0, 0.05) is 5.75 Å². The molecule has 1 N–H and O–H groups in total. The molecule has 0 radical (unpaired) electrons. The molecular weight excluding hydrogens is 593 g/mol. The molecule has 4 aromatic rings. The number of ether oxygens (including phenoxy) is 3. The lowest BCUT2D eigenvalue weighted by Crippen LogP contribution is -2.31. The number of carbonyl (C=O) groups excluding carboxylic acids is 2. The minimum atomic E-state index is -1.11. The van der Waals surface area contributed by atoms with Crippen LogP contribution < -0.4 is 19.1 Å². The third-order valence-electron chi connectivity index (χ3n) is 6.61. The predicted octanol–water partition coefficient (Wildman–Crippen LogP) is 6.18. The standard InChI is InChI=1S/C31H26FN3O6S2/c1-39-23-15-20(16-24(40-2)28(23)41-3)26-25(22(36)14-13-18-9-5-4-6-10-18)27(37)29(38)35(26)30-33-34-31(43-30)42-17-19-11-7-8-12-21(19)32/h4-16,26,37H,17H2,1-3H3/b14-13+. The predicted molar refractivity (Wildman–Crippen MR) is 162 cm³/mol. The van der Waals surface area contributed by atoms with E-state index in [9.17, 15) is 19.1 Å². The highest BCUT2D eigenvalue weighted by Crippen LogP contribution is 2.47. The lowest BCUT2D eigenvalue weighted by atomic mass is 9.95. The van der Waals surface area contributed by atoms with Gasteiger partial charge in [-0.1, -0.05) is 77.7 Å². The van der Waals surface area contributed by atoms with Crippen molar-refractivity contribution in [2.75, 3.05) is 26.2 Å². The molecule has 9 nitrogen and oxygen atoms in total. The molecule has 2 heterocycles. The quantitative estimate of drug-likeness (QED) is 0.120. The summed E-state index contributed by atoms with van der Waals surface area (Å²) in [6, 6.07) is 17.7. The van der Waals surface area contributed by atoms with Crippen molar-refractivity contribution in [1.29, 1.82) is 0 Å². The van der Waals surface area contributed by atoms with Gasteiger partial charge in [-0.15, -0.1) is 10.2 Å². The van der Waals surface area contributed by atoms with Crippen molar-refractivity contribution in [3.63, 3.8) is 0 Å². The first-order chi connectivity index (χ1) is 20.9. The molecule has 43 heavy (non-hydrogen) atoms. The van der Waals surface area contributed by atoms with Crippen molar-refractivity contribution in [2.24, 2.45) is 0 Å². The molecule has 1 atom stereocenters. The smallest absolute Gasteiger partial charge is 0.296 e. The number of methoxy groups -OCH3 is 3. The molecule has 0 saturated carbocycles. The van der Waals surface area contributed by atoms with E-state index in [1.165, 1.54) is 50.1 Å². The second-order valence-corrected chi connectivity index (χ2v) is 11.3. The number of ketones is 1. The van der Waals surface area contributed by atoms with Crippen molar-refractivity contribution in [1.82, 2.24) is 10.2 Å². The number of rotatable bonds is 11. The number of amides is 1. The van der Waals surface area contributed by atoms with Gasteiger partial charge in [-0.05, 0) is 41.0 Å². The molecule has 0 aliphatic carbocycles. The number of nitrogens with zero attached hydrogens (tertiary/aromatic N) is 3. The summed E-state index contributed by atoms with van der Waals surface area (Å²) in [7, 11) is 4.36. The first-order valence-corrected chi connectivity index (χ1v) is 14.7. The molecule has 3 aromatic carbocycles. The minimum Gasteiger partial charge on any atom is -0.503 e. The number of aliphatic hydroxyl groups is 1. The third kappa shape index (κ3) is 6.11. The van der Waals surface area contributed by atoms with Gasteiger partial charge in [0.25, 0.3) is 5.91 Å². The fraction of sp³-hybridized carbons (Fsp3) is 0.161. The Morgan fingerprint density at radius 3 is 2.35 bits per heavy atom. The summed E-state index contributed by atoms with van der Waals surface area (Å²) in [5.74, 6) is -1.25. The van der Waals surface area contributed by atoms with Gasteiger partial charge in [-0.3, -0.25) is 14.5 Å². The number of aliphatic hydroxyl groups excluding tert-OH is 1. The molecule has 0 spiro atoms. The number of allylic oxidation sites excluding steroid dienone is 1. The average Bonchev–Trinajstić information content (AvgIpc) is 3.60. The van der Waals surface area contributed by atoms with Gasteiger partial charge in [-0.25, -0.2) is 4.39 Å². The summed E-state index contributed by atoms with van der Waals surface area (Å²) in [4.78, 5) is 28.4. The van der Waals surface area contributed by atoms with Crippen molar-refractivity contribution in [2.45, 2.75) is 16.1 Å². The summed E-state index contributed by atoms with van der Waals surface area (Å²) in [5, 5.41) is 19.6. The Kier molecular flexibility index (Phi) is 9.07. The van der Waals surface area contributed by atoms with Crippen LogP contribution in [0.4, 0.5) is 9.52 Å². The number of benzene rings is 3. The number of aromatic nitrogens is 2. The van der Waals surface area contributed by atoms with E-state index in [-0.39, 0.29) is 16.5 Å². The Balaban J connectivity index is 1.55. The largest absolute Gasteiger partial charge is 0.503 e. The topological polar surface area (TPSA) is 111 Å². The van der Waals surface area contributed by atoms with Crippen LogP contribution in [0, 0.1) is 5.82 Å². The molecule has 0 fully saturated rings. The maximum absolute atomic E-state index is 14.1. The van der Waals surface area contributed by atoms with Crippen LogP contribution >= 0.6 is 23.1 Å². The van der Waals surface area contributed by atoms with Crippen molar-refractivity contribution in [3.8, 4) is 17.2 Å². The van der Waals surface area contributed by atoms with Gasteiger partial charge in [0.2, 0.25) is 10.9 Å². The molecular formula is C31H26FN3O6S2. The highest BCUT2D eigenvalue weighted by Gasteiger charge is 2.46. The molecule has 12 heteroatoms. The summed E-state index contributed by atoms with van der Waals surface area (Å²) in [6.07, 6.45) is 2.91. The van der Waals surface area contributed by atoms with E-state index in [0.29, 0.717) is 38.5 Å². The molecule has 220 valence electrons. The van der Waals surface area contributed by atoms with Crippen LogP contribution in [0.15, 0.2) is 88.5 Å². The second kappa shape index (κ2) is 13.1. The minimum absolute atomic E-state index is 0.140. The van der Waals surface area contributed by atoms with Gasteiger partial charge in [-0.2, -0.15) is 0 Å². The molecule has 1 aromatic heterocycles. The van der Waals surface area contributed by atoms with E-state index in [2.05, 4.69) is 10.2 Å². The SMILES string of the molecule is COc1cc(C2C(C(=O)/C=C/c3ccccc3)=C(O)C(=O)N2c2nnc(SCc3ccccc3F)s2)cc(OC)c1OC. The molecule has 0 saturated heterocycles. The van der Waals surface area contributed by atoms with E-state index in [0.717, 1.165) is 16.9 Å². The average molecular weight is 620 g/mol. The number of hydrogen-bond donors (Lipinski definition) is 1. The molecule has 0 bridgehead atoms. The normalized spacial score (nSPS) is 14.9. The number of thioether (sulfide) groups is 1. The first-order valence-electron chi connectivity index (χ1n) is 12.9. The first kappa shape index (κ1) is 29.8. The van der Waals surface area contributed by atoms with E-state index in [1.807, 2.05) is 30.3 Å². The number of anilines is 1. The molecule has 1 aliphatic heterocycles. The van der Waals surface area contributed by atoms with E-state index < -0.39 is 23.5 Å². The van der Waals surface area contributed by atoms with Gasteiger partial charge in [0.1, 0.15) is 5.82 Å². The monoisotopic (exact) mass is 619 g/mol. The summed E-state index contributed by atoms with van der Waals surface area (Å²) < 4.78 is 31.1. The zero-order valence-corrected chi connectivity index (χ0v) is 24.9. The summed E-state index contributed by atoms with van der Waals surface area (Å²) >= 11 is 2.33. The van der Waals surface area contributed by atoms with Crippen LogP contribution in [0.3, 0.4) is 0 Å². The van der Waals surface area contributed by atoms with Crippen molar-refractivity contribution in [3.05, 3.63) is 107 Å². The second-order valence-electron chi connectivity index (χ2n) is 9.14. The Hall–Kier alpha value is -4.68. The molecule has 1 aliphatic rings. The van der Waals surface area contributed by atoms with Crippen molar-refractivity contribution >= 4 is 46.0 Å². The van der Waals surface area contributed by atoms with Crippen molar-refractivity contribution < 1.29 is 33.3 Å². The third-order valence-corrected chi connectivity index (χ3v) is 8.72. The van der Waals surface area contributed by atoms with Crippen LogP contribution in [-0.4, -0.2) is 48.3 Å². The van der Waals surface area contributed by atoms with Crippen LogP contribution in [0.5, 0.6) is 17.2 Å². The molecule has 1 amide bonds. The lowest BCUT2D eigenvalue weighted by Gasteiger charge is -2.25. The van der Waals surface area contributed by atoms with Gasteiger partial charge in [0.15, 0.2) is 27.4 Å². The van der Waals surface area contributed by atoms with Gasteiger partial charge in [0.05, 0.1) is 32.9 Å². The number of hydrogen-bond acceptors (Lipinski definition) is 10. The van der Waals surface area contributed by atoms with Crippen LogP contribution in [0.1, 0.15) is 22.7 Å². The van der Waals surface area contributed by atoms with E-state index in [4.69, 9.17) is 14.2 Å². The Labute approximate surface area is 255 Å². The maximum Gasteiger partial charge on any atom is 0.296 e. The fourth-order valence-electron chi connectivity index (χ4n) is 4.57. The fourth-order valence-corrected chi connectivity index (χ4v) is 6.42. The lowest BCUT2D eigenvalue weighted by molar-refractivity contribution is -0.117. The molecule has 1 unspecified atom stereocenters. The number of halogens is 1. The Morgan fingerprint density at radius 2 is 1.70 bits per heavy atom. The summed E-state index contributed by atoms with van der Waals surface area (Å²) in [5.41, 5.74) is 1.51. The van der Waals surface area contributed by atoms with Gasteiger partial charge >= 0.3 is 0 Å². The number of carbonyl (C=O) groups is 2. The van der Waals surface area contributed by atoms with E-state index in [1.54, 1.807) is 36.4 Å². The van der Waals surface area contributed by atoms with Gasteiger partial charge < -0.3 is 19.3 Å². The highest BCUT2D eigenvalue weighted by molar-refractivity contribution is 8.00. The molecule has 5 rings (SSSR count). The van der Waals surface area contributed by atoms with Crippen LogP contribution in [0.2, 0.25) is 0 Å². The maximum atomic E-state index is 14.1. The Bertz CT molecular complexity index is 1700. The Morgan fingerprint density at radius 1 is 1.02 bits per heavy atom. The zero-order valence-electron chi connectivity index (χ0n) is 23.3. The van der Waals surface area contributed by atoms with E-state index >= 15 is 0 Å². The summed E-state index contributed by atoms with van der Waals surface area (Å²) in [6.45, 7) is 0. The van der Waals surface area contributed by atoms with Crippen LogP contribution in [-0.2, 0) is 15.3 Å².